The van der Waals surface area contributed by atoms with Crippen LogP contribution in [0.3, 0.4) is 0 Å². The van der Waals surface area contributed by atoms with Crippen LogP contribution < -0.4 is 29.7 Å². The number of amides is 1. The van der Waals surface area contributed by atoms with Crippen molar-refractivity contribution in [3.63, 3.8) is 0 Å². The first kappa shape index (κ1) is 26.5. The van der Waals surface area contributed by atoms with Crippen molar-refractivity contribution in [1.82, 2.24) is 15.3 Å². The summed E-state index contributed by atoms with van der Waals surface area (Å²) in [6, 6.07) is 11.5. The van der Waals surface area contributed by atoms with Gasteiger partial charge < -0.3 is 29.7 Å². The van der Waals surface area contributed by atoms with Crippen LogP contribution in [0, 0.1) is 16.0 Å². The summed E-state index contributed by atoms with van der Waals surface area (Å²) in [6.07, 6.45) is 3.28. The molecular weight excluding hydrogens is 492 g/mol. The van der Waals surface area contributed by atoms with E-state index >= 15 is 0 Å². The van der Waals surface area contributed by atoms with Crippen LogP contribution in [0.2, 0.25) is 0 Å². The molecule has 12 nitrogen and oxygen atoms in total. The Morgan fingerprint density at radius 3 is 2.45 bits per heavy atom. The molecule has 0 saturated carbocycles. The molecule has 1 aliphatic rings. The van der Waals surface area contributed by atoms with Crippen molar-refractivity contribution in [1.29, 1.82) is 0 Å². The Bertz CT molecular complexity index is 1260. The number of rotatable bonds is 10. The van der Waals surface area contributed by atoms with Gasteiger partial charge in [0.05, 0.1) is 32.2 Å². The van der Waals surface area contributed by atoms with Crippen LogP contribution in [-0.2, 0) is 11.3 Å². The van der Waals surface area contributed by atoms with E-state index in [0.29, 0.717) is 47.8 Å². The second kappa shape index (κ2) is 12.1. The van der Waals surface area contributed by atoms with Gasteiger partial charge in [0, 0.05) is 55.8 Å². The van der Waals surface area contributed by atoms with E-state index in [0.717, 1.165) is 24.9 Å². The Hall–Kier alpha value is -4.61. The van der Waals surface area contributed by atoms with Gasteiger partial charge >= 0.3 is 0 Å². The molecule has 1 aromatic heterocycles. The lowest BCUT2D eigenvalue weighted by molar-refractivity contribution is -0.384. The van der Waals surface area contributed by atoms with Gasteiger partial charge in [-0.1, -0.05) is 12.1 Å². The van der Waals surface area contributed by atoms with Crippen LogP contribution in [-0.4, -0.2) is 55.2 Å². The van der Waals surface area contributed by atoms with Crippen LogP contribution >= 0.6 is 0 Å². The van der Waals surface area contributed by atoms with Crippen LogP contribution in [0.1, 0.15) is 18.4 Å². The summed E-state index contributed by atoms with van der Waals surface area (Å²) in [4.78, 5) is 34.3. The number of anilines is 3. The second-order valence-electron chi connectivity index (χ2n) is 8.70. The average Bonchev–Trinajstić information content (AvgIpc) is 2.95. The maximum atomic E-state index is 12.9. The lowest BCUT2D eigenvalue weighted by atomic mass is 9.97. The number of methoxy groups -OCH3 is 3. The van der Waals surface area contributed by atoms with Crippen LogP contribution in [0.15, 0.2) is 48.7 Å². The van der Waals surface area contributed by atoms with E-state index in [1.54, 1.807) is 51.8 Å². The SMILES string of the molecule is COc1cc(Nc2nccc(N3CCC[C@H](C(=O)NCc4ccc([N+](=O)[O-])cc4)C3)n2)cc(OC)c1OC. The van der Waals surface area contributed by atoms with Crippen molar-refractivity contribution in [3.8, 4) is 17.2 Å². The number of aromatic nitrogens is 2. The number of nitrogens with one attached hydrogen (secondary N) is 2. The fourth-order valence-electron chi connectivity index (χ4n) is 4.34. The van der Waals surface area contributed by atoms with E-state index in [1.807, 2.05) is 6.07 Å². The van der Waals surface area contributed by atoms with Gasteiger partial charge in [-0.05, 0) is 24.5 Å². The molecular formula is C26H30N6O6. The Kier molecular flexibility index (Phi) is 8.41. The molecule has 1 amide bonds. The highest BCUT2D eigenvalue weighted by Gasteiger charge is 2.27. The monoisotopic (exact) mass is 522 g/mol. The first-order chi connectivity index (χ1) is 18.4. The molecule has 2 aromatic carbocycles. The molecule has 12 heteroatoms. The number of carbonyl (C=O) groups excluding carboxylic acids is 1. The number of benzene rings is 2. The molecule has 3 aromatic rings. The van der Waals surface area contributed by atoms with E-state index in [1.165, 1.54) is 12.1 Å². The van der Waals surface area contributed by atoms with E-state index in [4.69, 9.17) is 14.2 Å². The summed E-state index contributed by atoms with van der Waals surface area (Å²) < 4.78 is 16.2. The van der Waals surface area contributed by atoms with E-state index in [2.05, 4.69) is 25.5 Å². The summed E-state index contributed by atoms with van der Waals surface area (Å²) >= 11 is 0. The number of nitrogens with zero attached hydrogens (tertiary/aromatic N) is 4. The summed E-state index contributed by atoms with van der Waals surface area (Å²) in [5, 5.41) is 17.0. The van der Waals surface area contributed by atoms with E-state index in [9.17, 15) is 14.9 Å². The number of hydrogen-bond acceptors (Lipinski definition) is 10. The lowest BCUT2D eigenvalue weighted by Crippen LogP contribution is -2.43. The molecule has 0 radical (unpaired) electrons. The Balaban J connectivity index is 1.40. The molecule has 38 heavy (non-hydrogen) atoms. The van der Waals surface area contributed by atoms with Gasteiger partial charge in [0.15, 0.2) is 11.5 Å². The third-order valence-electron chi connectivity index (χ3n) is 6.29. The number of non-ortho nitro benzene ring substituents is 1. The second-order valence-corrected chi connectivity index (χ2v) is 8.70. The van der Waals surface area contributed by atoms with Gasteiger partial charge in [-0.2, -0.15) is 4.98 Å². The standard InChI is InChI=1S/C26H30N6O6/c1-36-21-13-19(14-22(37-2)24(21)38-3)29-26-27-11-10-23(30-26)31-12-4-5-18(16-31)25(33)28-15-17-6-8-20(9-7-17)32(34)35/h6-11,13-14,18H,4-5,12,15-16H2,1-3H3,(H,28,33)(H,27,29,30)/t18-/m0/s1. The minimum absolute atomic E-state index is 0.0203. The van der Waals surface area contributed by atoms with E-state index in [-0.39, 0.29) is 17.5 Å². The van der Waals surface area contributed by atoms with Crippen LogP contribution in [0.25, 0.3) is 0 Å². The third kappa shape index (κ3) is 6.20. The predicted molar refractivity (Wildman–Crippen MR) is 141 cm³/mol. The smallest absolute Gasteiger partial charge is 0.269 e. The van der Waals surface area contributed by atoms with Gasteiger partial charge in [0.1, 0.15) is 5.82 Å². The number of ether oxygens (including phenoxy) is 3. The molecule has 0 bridgehead atoms. The number of hydrogen-bond donors (Lipinski definition) is 2. The Labute approximate surface area is 220 Å². The fourth-order valence-corrected chi connectivity index (χ4v) is 4.34. The van der Waals surface area contributed by atoms with Gasteiger partial charge in [-0.15, -0.1) is 0 Å². The molecule has 1 fully saturated rings. The highest BCUT2D eigenvalue weighted by atomic mass is 16.6. The normalized spacial score (nSPS) is 14.9. The molecule has 4 rings (SSSR count). The van der Waals surface area contributed by atoms with Crippen molar-refractivity contribution in [3.05, 3.63) is 64.3 Å². The van der Waals surface area contributed by atoms with Gasteiger partial charge in [-0.25, -0.2) is 4.98 Å². The van der Waals surface area contributed by atoms with Crippen LogP contribution in [0.5, 0.6) is 17.2 Å². The average molecular weight is 523 g/mol. The van der Waals surface area contributed by atoms with Gasteiger partial charge in [0.25, 0.3) is 5.69 Å². The number of nitro benzene ring substituents is 1. The highest BCUT2D eigenvalue weighted by molar-refractivity contribution is 5.79. The first-order valence-corrected chi connectivity index (χ1v) is 12.1. The Morgan fingerprint density at radius 2 is 1.82 bits per heavy atom. The lowest BCUT2D eigenvalue weighted by Gasteiger charge is -2.33. The molecule has 2 heterocycles. The molecule has 1 aliphatic heterocycles. The highest BCUT2D eigenvalue weighted by Crippen LogP contribution is 2.40. The van der Waals surface area contributed by atoms with Gasteiger partial charge in [0.2, 0.25) is 17.6 Å². The van der Waals surface area contributed by atoms with Crippen molar-refractivity contribution >= 4 is 29.0 Å². The number of piperidine rings is 1. The van der Waals surface area contributed by atoms with E-state index < -0.39 is 4.92 Å². The van der Waals surface area contributed by atoms with Crippen molar-refractivity contribution in [2.45, 2.75) is 19.4 Å². The quantitative estimate of drug-likeness (QED) is 0.299. The predicted octanol–water partition coefficient (Wildman–Crippen LogP) is 3.69. The molecule has 1 saturated heterocycles. The third-order valence-corrected chi connectivity index (χ3v) is 6.29. The molecule has 1 atom stereocenters. The number of carbonyl (C=O) groups is 1. The van der Waals surface area contributed by atoms with Crippen LogP contribution in [0.4, 0.5) is 23.1 Å². The molecule has 2 N–H and O–H groups in total. The minimum atomic E-state index is -0.447. The van der Waals surface area contributed by atoms with Gasteiger partial charge in [-0.3, -0.25) is 14.9 Å². The fraction of sp³-hybridized carbons (Fsp3) is 0.346. The molecule has 0 spiro atoms. The zero-order valence-corrected chi connectivity index (χ0v) is 21.5. The Morgan fingerprint density at radius 1 is 1.11 bits per heavy atom. The minimum Gasteiger partial charge on any atom is -0.493 e. The maximum Gasteiger partial charge on any atom is 0.269 e. The zero-order valence-electron chi connectivity index (χ0n) is 21.5. The molecule has 0 aliphatic carbocycles. The summed E-state index contributed by atoms with van der Waals surface area (Å²) in [5.41, 5.74) is 1.49. The summed E-state index contributed by atoms with van der Waals surface area (Å²) in [5.74, 6) is 2.33. The zero-order chi connectivity index (χ0) is 27.1. The number of nitro groups is 1. The molecule has 200 valence electrons. The first-order valence-electron chi connectivity index (χ1n) is 12.1. The summed E-state index contributed by atoms with van der Waals surface area (Å²) in [6.45, 7) is 1.60. The maximum absolute atomic E-state index is 12.9. The van der Waals surface area contributed by atoms with Crippen molar-refractivity contribution in [2.75, 3.05) is 44.6 Å². The van der Waals surface area contributed by atoms with Crippen molar-refractivity contribution < 1.29 is 23.9 Å². The summed E-state index contributed by atoms with van der Waals surface area (Å²) in [7, 11) is 4.64. The topological polar surface area (TPSA) is 141 Å². The molecule has 0 unspecified atom stereocenters. The van der Waals surface area contributed by atoms with Crippen molar-refractivity contribution in [2.24, 2.45) is 5.92 Å². The largest absolute Gasteiger partial charge is 0.493 e.